The van der Waals surface area contributed by atoms with Crippen molar-refractivity contribution in [1.29, 1.82) is 0 Å². The Kier molecular flexibility index (Phi) is 68.4. The predicted molar refractivity (Wildman–Crippen MR) is 347 cm³/mol. The minimum Gasteiger partial charge on any atom is -0.466 e. The molecule has 6 nitrogen and oxygen atoms in total. The molecule has 0 bridgehead atoms. The number of nitrogens with one attached hydrogen (secondary N) is 1. The molecule has 0 rings (SSSR count). The van der Waals surface area contributed by atoms with Crippen LogP contribution in [-0.4, -0.2) is 47.4 Å². The molecular formula is C73H145NO5. The molecule has 2 atom stereocenters. The van der Waals surface area contributed by atoms with E-state index in [1.807, 2.05) is 0 Å². The fourth-order valence-electron chi connectivity index (χ4n) is 12.1. The Morgan fingerprint density at radius 3 is 0.772 bits per heavy atom. The first-order valence-electron chi connectivity index (χ1n) is 36.8. The van der Waals surface area contributed by atoms with Gasteiger partial charge in [-0.15, -0.1) is 0 Å². The summed E-state index contributed by atoms with van der Waals surface area (Å²) < 4.78 is 5.50. The van der Waals surface area contributed by atoms with Crippen molar-refractivity contribution >= 4 is 11.9 Å². The number of rotatable bonds is 70. The third-order valence-electron chi connectivity index (χ3n) is 17.7. The Bertz CT molecular complexity index is 1150. The van der Waals surface area contributed by atoms with E-state index in [1.165, 1.54) is 360 Å². The van der Waals surface area contributed by atoms with E-state index in [0.29, 0.717) is 25.9 Å². The lowest BCUT2D eigenvalue weighted by Gasteiger charge is -2.22. The summed E-state index contributed by atoms with van der Waals surface area (Å²) in [6.07, 6.45) is 84.5. The van der Waals surface area contributed by atoms with Crippen molar-refractivity contribution in [3.05, 3.63) is 0 Å². The van der Waals surface area contributed by atoms with Crippen molar-refractivity contribution in [2.45, 2.75) is 443 Å². The number of esters is 1. The molecule has 0 fully saturated rings. The normalized spacial score (nSPS) is 12.4. The van der Waals surface area contributed by atoms with Crippen molar-refractivity contribution in [1.82, 2.24) is 5.32 Å². The average Bonchev–Trinajstić information content (AvgIpc) is 3.45. The zero-order valence-electron chi connectivity index (χ0n) is 54.2. The lowest BCUT2D eigenvalue weighted by atomic mass is 10.0. The second kappa shape index (κ2) is 69.4. The first-order chi connectivity index (χ1) is 39.0. The molecule has 1 amide bonds. The molecule has 0 heterocycles. The summed E-state index contributed by atoms with van der Waals surface area (Å²) in [4.78, 5) is 24.6. The van der Waals surface area contributed by atoms with Crippen molar-refractivity contribution in [2.24, 2.45) is 0 Å². The number of ether oxygens (including phenoxy) is 1. The molecule has 6 heteroatoms. The minimum atomic E-state index is -0.663. The summed E-state index contributed by atoms with van der Waals surface area (Å²) in [6.45, 7) is 5.01. The van der Waals surface area contributed by atoms with Crippen LogP contribution in [0.2, 0.25) is 0 Å². The second-order valence-corrected chi connectivity index (χ2v) is 25.6. The lowest BCUT2D eigenvalue weighted by Crippen LogP contribution is -2.45. The minimum absolute atomic E-state index is 0.0211. The Balaban J connectivity index is 3.34. The first-order valence-corrected chi connectivity index (χ1v) is 36.8. The van der Waals surface area contributed by atoms with Gasteiger partial charge in [-0.1, -0.05) is 393 Å². The highest BCUT2D eigenvalue weighted by molar-refractivity contribution is 5.76. The number of carbonyl (C=O) groups excluding carboxylic acids is 2. The van der Waals surface area contributed by atoms with Crippen LogP contribution >= 0.6 is 0 Å². The van der Waals surface area contributed by atoms with Gasteiger partial charge in [0, 0.05) is 12.8 Å². The number of hydrogen-bond acceptors (Lipinski definition) is 5. The van der Waals surface area contributed by atoms with E-state index in [-0.39, 0.29) is 18.5 Å². The highest BCUT2D eigenvalue weighted by Gasteiger charge is 2.20. The van der Waals surface area contributed by atoms with Crippen molar-refractivity contribution in [3.63, 3.8) is 0 Å². The zero-order chi connectivity index (χ0) is 57.1. The van der Waals surface area contributed by atoms with Crippen molar-refractivity contribution in [2.75, 3.05) is 13.2 Å². The first kappa shape index (κ1) is 77.9. The van der Waals surface area contributed by atoms with Crippen LogP contribution in [0.25, 0.3) is 0 Å². The molecule has 0 aliphatic heterocycles. The maximum absolute atomic E-state index is 12.6. The summed E-state index contributed by atoms with van der Waals surface area (Å²) in [5, 5.41) is 23.4. The van der Waals surface area contributed by atoms with Crippen LogP contribution < -0.4 is 5.32 Å². The van der Waals surface area contributed by atoms with Gasteiger partial charge in [-0.25, -0.2) is 0 Å². The molecule has 0 saturated heterocycles. The largest absolute Gasteiger partial charge is 0.466 e. The van der Waals surface area contributed by atoms with Crippen LogP contribution in [0.3, 0.4) is 0 Å². The molecule has 0 aromatic heterocycles. The molecule has 0 radical (unpaired) electrons. The molecule has 3 N–H and O–H groups in total. The number of hydrogen-bond donors (Lipinski definition) is 3. The fraction of sp³-hybridized carbons (Fsp3) is 0.973. The van der Waals surface area contributed by atoms with Gasteiger partial charge in [0.25, 0.3) is 0 Å². The van der Waals surface area contributed by atoms with Crippen LogP contribution in [0.1, 0.15) is 431 Å². The Morgan fingerprint density at radius 1 is 0.304 bits per heavy atom. The molecule has 2 unspecified atom stereocenters. The summed E-state index contributed by atoms with van der Waals surface area (Å²) in [5.41, 5.74) is 0. The second-order valence-electron chi connectivity index (χ2n) is 25.6. The Morgan fingerprint density at radius 2 is 0.519 bits per heavy atom. The molecule has 0 spiro atoms. The van der Waals surface area contributed by atoms with Crippen LogP contribution in [0.5, 0.6) is 0 Å². The van der Waals surface area contributed by atoms with Gasteiger partial charge in [0.1, 0.15) is 0 Å². The molecule has 0 aliphatic rings. The lowest BCUT2D eigenvalue weighted by molar-refractivity contribution is -0.143. The standard InChI is InChI=1S/C73H145NO5/c1-3-5-7-9-11-13-15-17-19-20-21-22-29-32-35-38-41-45-49-53-57-61-65-71(76)70(69-75)74-72(77)66-62-58-54-50-46-42-39-36-33-30-27-25-23-24-26-28-31-34-37-40-44-48-52-56-60-64-68-79-73(78)67-63-59-55-51-47-43-18-16-14-12-10-8-6-4-2/h70-71,75-76H,3-69H2,1-2H3,(H,74,77). The van der Waals surface area contributed by atoms with Gasteiger partial charge in [-0.05, 0) is 25.7 Å². The van der Waals surface area contributed by atoms with E-state index in [2.05, 4.69) is 19.2 Å². The number of aliphatic hydroxyl groups is 2. The average molecular weight is 1120 g/mol. The molecule has 0 aromatic carbocycles. The van der Waals surface area contributed by atoms with Crippen molar-refractivity contribution in [3.8, 4) is 0 Å². The topological polar surface area (TPSA) is 95.9 Å². The highest BCUT2D eigenvalue weighted by atomic mass is 16.5. The summed E-state index contributed by atoms with van der Waals surface area (Å²) in [5.74, 6) is -0.00576. The van der Waals surface area contributed by atoms with Crippen LogP contribution in [0, 0.1) is 0 Å². The van der Waals surface area contributed by atoms with E-state index in [9.17, 15) is 19.8 Å². The number of carbonyl (C=O) groups is 2. The molecule has 79 heavy (non-hydrogen) atoms. The van der Waals surface area contributed by atoms with Crippen molar-refractivity contribution < 1.29 is 24.5 Å². The predicted octanol–water partition coefficient (Wildman–Crippen LogP) is 23.8. The zero-order valence-corrected chi connectivity index (χ0v) is 54.2. The maximum Gasteiger partial charge on any atom is 0.305 e. The monoisotopic (exact) mass is 1120 g/mol. The van der Waals surface area contributed by atoms with Gasteiger partial charge >= 0.3 is 5.97 Å². The molecule has 0 aliphatic carbocycles. The highest BCUT2D eigenvalue weighted by Crippen LogP contribution is 2.20. The Hall–Kier alpha value is -1.14. The molecule has 0 aromatic rings. The van der Waals surface area contributed by atoms with Crippen LogP contribution in [0.15, 0.2) is 0 Å². The maximum atomic E-state index is 12.6. The number of unbranched alkanes of at least 4 members (excludes halogenated alkanes) is 59. The van der Waals surface area contributed by atoms with E-state index >= 15 is 0 Å². The van der Waals surface area contributed by atoms with E-state index in [0.717, 1.165) is 38.5 Å². The molecule has 472 valence electrons. The van der Waals surface area contributed by atoms with Gasteiger partial charge in [-0.3, -0.25) is 9.59 Å². The molecule has 0 saturated carbocycles. The van der Waals surface area contributed by atoms with E-state index < -0.39 is 12.1 Å². The number of aliphatic hydroxyl groups excluding tert-OH is 2. The van der Waals surface area contributed by atoms with Gasteiger partial charge in [0.2, 0.25) is 5.91 Å². The van der Waals surface area contributed by atoms with Gasteiger partial charge < -0.3 is 20.3 Å². The van der Waals surface area contributed by atoms with Crippen LogP contribution in [0.4, 0.5) is 0 Å². The van der Waals surface area contributed by atoms with E-state index in [4.69, 9.17) is 4.74 Å². The smallest absolute Gasteiger partial charge is 0.305 e. The number of amides is 1. The Labute approximate surface area is 496 Å². The van der Waals surface area contributed by atoms with Gasteiger partial charge in [0.05, 0.1) is 25.4 Å². The SMILES string of the molecule is CCCCCCCCCCCCCCCCCCCCCCCCC(O)C(CO)NC(=O)CCCCCCCCCCCCCCCCCCCCCCCCCCCCOC(=O)CCCCCCCCCCCCCCCC. The fourth-order valence-corrected chi connectivity index (χ4v) is 12.1. The summed E-state index contributed by atoms with van der Waals surface area (Å²) >= 11 is 0. The van der Waals surface area contributed by atoms with Crippen LogP contribution in [-0.2, 0) is 14.3 Å². The quantitative estimate of drug-likeness (QED) is 0.0417. The van der Waals surface area contributed by atoms with Gasteiger partial charge in [-0.2, -0.15) is 0 Å². The molecular weight excluding hydrogens is 971 g/mol. The van der Waals surface area contributed by atoms with Gasteiger partial charge in [0.15, 0.2) is 0 Å². The summed E-state index contributed by atoms with van der Waals surface area (Å²) in [7, 11) is 0. The van der Waals surface area contributed by atoms with E-state index in [1.54, 1.807) is 0 Å². The third-order valence-corrected chi connectivity index (χ3v) is 17.7. The third kappa shape index (κ3) is 65.9. The summed E-state index contributed by atoms with van der Waals surface area (Å²) in [6, 6.07) is -0.540.